The van der Waals surface area contributed by atoms with Crippen molar-refractivity contribution in [3.8, 4) is 0 Å². The van der Waals surface area contributed by atoms with E-state index in [0.29, 0.717) is 11.4 Å². The van der Waals surface area contributed by atoms with Crippen molar-refractivity contribution in [1.29, 1.82) is 0 Å². The lowest BCUT2D eigenvalue weighted by Gasteiger charge is -2.40. The van der Waals surface area contributed by atoms with Crippen LogP contribution in [0.15, 0.2) is 23.1 Å². The molecule has 2 aliphatic heterocycles. The Kier molecular flexibility index (Phi) is 6.57. The highest BCUT2D eigenvalue weighted by molar-refractivity contribution is 8.00. The molecule has 1 saturated heterocycles. The number of nitrogens with zero attached hydrogens (tertiary/aromatic N) is 1. The fourth-order valence-electron chi connectivity index (χ4n) is 3.51. The van der Waals surface area contributed by atoms with Crippen LogP contribution in [0.25, 0.3) is 0 Å². The van der Waals surface area contributed by atoms with Crippen LogP contribution in [0, 0.1) is 5.92 Å². The minimum atomic E-state index is -4.45. The summed E-state index contributed by atoms with van der Waals surface area (Å²) in [6.07, 6.45) is -5.00. The Morgan fingerprint density at radius 2 is 2.07 bits per heavy atom. The summed E-state index contributed by atoms with van der Waals surface area (Å²) in [5, 5.41) is 5.78. The summed E-state index contributed by atoms with van der Waals surface area (Å²) in [5.41, 5.74) is 0.704. The van der Waals surface area contributed by atoms with Gasteiger partial charge in [0.25, 0.3) is 0 Å². The van der Waals surface area contributed by atoms with Gasteiger partial charge in [-0.1, -0.05) is 6.07 Å². The third-order valence-corrected chi connectivity index (χ3v) is 6.00. The number of thioether (sulfide) groups is 1. The fraction of sp³-hybridized carbons (Fsp3) is 0.600. The number of amides is 2. The van der Waals surface area contributed by atoms with Crippen LogP contribution in [-0.4, -0.2) is 53.6 Å². The number of rotatable bonds is 3. The van der Waals surface area contributed by atoms with Crippen molar-refractivity contribution >= 4 is 29.4 Å². The van der Waals surface area contributed by atoms with Gasteiger partial charge in [0.2, 0.25) is 5.91 Å². The van der Waals surface area contributed by atoms with Gasteiger partial charge in [-0.25, -0.2) is 4.79 Å². The van der Waals surface area contributed by atoms with Crippen LogP contribution in [-0.2, 0) is 16.1 Å². The minimum absolute atomic E-state index is 0.0933. The van der Waals surface area contributed by atoms with Crippen molar-refractivity contribution < 1.29 is 27.5 Å². The van der Waals surface area contributed by atoms with Gasteiger partial charge in [0.05, 0.1) is 17.4 Å². The summed E-state index contributed by atoms with van der Waals surface area (Å²) in [5.74, 6) is -1.43. The van der Waals surface area contributed by atoms with Gasteiger partial charge in [-0.05, 0) is 44.9 Å². The first-order valence-electron chi connectivity index (χ1n) is 9.76. The Labute approximate surface area is 177 Å². The molecule has 2 heterocycles. The molecule has 1 fully saturated rings. The van der Waals surface area contributed by atoms with Crippen LogP contribution in [0.4, 0.5) is 23.7 Å². The molecule has 2 amide bonds. The number of hydrogen-bond acceptors (Lipinski definition) is 5. The van der Waals surface area contributed by atoms with Crippen molar-refractivity contribution in [2.75, 3.05) is 24.2 Å². The molecule has 166 valence electrons. The van der Waals surface area contributed by atoms with Crippen molar-refractivity contribution in [2.45, 2.75) is 56.5 Å². The molecule has 2 aliphatic rings. The molecule has 10 heteroatoms. The third-order valence-electron chi connectivity index (χ3n) is 4.93. The van der Waals surface area contributed by atoms with Gasteiger partial charge in [0, 0.05) is 30.6 Å². The van der Waals surface area contributed by atoms with Gasteiger partial charge in [0.1, 0.15) is 5.60 Å². The molecule has 0 saturated carbocycles. The monoisotopic (exact) mass is 445 g/mol. The second kappa shape index (κ2) is 8.66. The summed E-state index contributed by atoms with van der Waals surface area (Å²) >= 11 is 1.43. The molecule has 2 unspecified atom stereocenters. The highest BCUT2D eigenvalue weighted by atomic mass is 32.2. The van der Waals surface area contributed by atoms with E-state index >= 15 is 0 Å². The van der Waals surface area contributed by atoms with E-state index in [0.717, 1.165) is 15.4 Å². The maximum atomic E-state index is 13.7. The predicted molar refractivity (Wildman–Crippen MR) is 108 cm³/mol. The molecular formula is C20H26F3N3O3S. The third kappa shape index (κ3) is 5.81. The van der Waals surface area contributed by atoms with Crippen LogP contribution in [0.3, 0.4) is 0 Å². The van der Waals surface area contributed by atoms with Gasteiger partial charge in [-0.2, -0.15) is 13.2 Å². The van der Waals surface area contributed by atoms with Crippen LogP contribution in [0.5, 0.6) is 0 Å². The van der Waals surface area contributed by atoms with E-state index in [-0.39, 0.29) is 25.4 Å². The summed E-state index contributed by atoms with van der Waals surface area (Å²) < 4.78 is 46.3. The molecule has 30 heavy (non-hydrogen) atoms. The molecule has 0 aromatic heterocycles. The van der Waals surface area contributed by atoms with E-state index in [1.165, 1.54) is 11.8 Å². The van der Waals surface area contributed by atoms with Gasteiger partial charge in [-0.3, -0.25) is 4.79 Å². The quantitative estimate of drug-likeness (QED) is 0.736. The Bertz CT molecular complexity index is 811. The number of likely N-dealkylation sites (tertiary alicyclic amines) is 1. The van der Waals surface area contributed by atoms with Crippen LogP contribution < -0.4 is 10.6 Å². The Balaban J connectivity index is 1.65. The average Bonchev–Trinajstić information content (AvgIpc) is 2.63. The Morgan fingerprint density at radius 3 is 2.73 bits per heavy atom. The summed E-state index contributed by atoms with van der Waals surface area (Å²) in [7, 11) is 0. The Morgan fingerprint density at radius 1 is 1.33 bits per heavy atom. The number of carbonyl (C=O) groups excluding carboxylic acids is 2. The SMILES string of the molecule is CC(C)(C)OC(=O)N1CCC(NCc2ccc3c(c2)NC(=O)CS3)C(C(F)(F)F)C1. The molecule has 6 nitrogen and oxygen atoms in total. The number of fused-ring (bicyclic) bond motifs is 1. The van der Waals surface area contributed by atoms with Gasteiger partial charge in [0.15, 0.2) is 0 Å². The number of ether oxygens (including phenoxy) is 1. The first-order valence-corrected chi connectivity index (χ1v) is 10.7. The molecule has 3 rings (SSSR count). The molecule has 0 aliphatic carbocycles. The number of nitrogens with one attached hydrogen (secondary N) is 2. The van der Waals surface area contributed by atoms with Crippen LogP contribution in [0.2, 0.25) is 0 Å². The molecule has 1 aromatic carbocycles. The maximum absolute atomic E-state index is 13.7. The number of anilines is 1. The van der Waals surface area contributed by atoms with E-state index < -0.39 is 36.4 Å². The van der Waals surface area contributed by atoms with E-state index in [2.05, 4.69) is 10.6 Å². The number of halogens is 3. The largest absolute Gasteiger partial charge is 0.444 e. The number of piperidine rings is 1. The number of carbonyl (C=O) groups is 2. The topological polar surface area (TPSA) is 70.7 Å². The molecule has 0 radical (unpaired) electrons. The van der Waals surface area contributed by atoms with E-state index in [9.17, 15) is 22.8 Å². The summed E-state index contributed by atoms with van der Waals surface area (Å²) in [4.78, 5) is 25.8. The zero-order valence-electron chi connectivity index (χ0n) is 17.1. The van der Waals surface area contributed by atoms with Gasteiger partial charge >= 0.3 is 12.3 Å². The minimum Gasteiger partial charge on any atom is -0.444 e. The zero-order valence-corrected chi connectivity index (χ0v) is 18.0. The number of hydrogen-bond donors (Lipinski definition) is 2. The lowest BCUT2D eigenvalue weighted by Crippen LogP contribution is -2.56. The normalized spacial score (nSPS) is 22.3. The molecule has 2 N–H and O–H groups in total. The zero-order chi connectivity index (χ0) is 22.1. The second-order valence-corrected chi connectivity index (χ2v) is 9.54. The highest BCUT2D eigenvalue weighted by Gasteiger charge is 2.48. The van der Waals surface area contributed by atoms with E-state index in [4.69, 9.17) is 4.74 Å². The number of alkyl halides is 3. The average molecular weight is 446 g/mol. The van der Waals surface area contributed by atoms with E-state index in [1.807, 2.05) is 12.1 Å². The molecule has 2 atom stereocenters. The standard InChI is InChI=1S/C20H26F3N3O3S/c1-19(2,3)29-18(28)26-7-6-14(13(10-26)20(21,22)23)24-9-12-4-5-16-15(8-12)25-17(27)11-30-16/h4-5,8,13-14,24H,6-7,9-11H2,1-3H3,(H,25,27). The lowest BCUT2D eigenvalue weighted by molar-refractivity contribution is -0.192. The second-order valence-electron chi connectivity index (χ2n) is 8.52. The lowest BCUT2D eigenvalue weighted by atomic mass is 9.91. The molecule has 0 bridgehead atoms. The van der Waals surface area contributed by atoms with Gasteiger partial charge < -0.3 is 20.3 Å². The number of benzene rings is 1. The van der Waals surface area contributed by atoms with Crippen molar-refractivity contribution in [2.24, 2.45) is 5.92 Å². The molecule has 0 spiro atoms. The summed E-state index contributed by atoms with van der Waals surface area (Å²) in [6, 6.07) is 4.67. The van der Waals surface area contributed by atoms with E-state index in [1.54, 1.807) is 26.8 Å². The van der Waals surface area contributed by atoms with Crippen molar-refractivity contribution in [1.82, 2.24) is 10.2 Å². The van der Waals surface area contributed by atoms with Gasteiger partial charge in [-0.15, -0.1) is 11.8 Å². The van der Waals surface area contributed by atoms with Crippen molar-refractivity contribution in [3.63, 3.8) is 0 Å². The van der Waals surface area contributed by atoms with Crippen molar-refractivity contribution in [3.05, 3.63) is 23.8 Å². The fourth-order valence-corrected chi connectivity index (χ4v) is 4.30. The Hall–Kier alpha value is -1.94. The maximum Gasteiger partial charge on any atom is 0.410 e. The molecular weight excluding hydrogens is 419 g/mol. The predicted octanol–water partition coefficient (Wildman–Crippen LogP) is 4.01. The smallest absolute Gasteiger partial charge is 0.410 e. The van der Waals surface area contributed by atoms with Crippen LogP contribution >= 0.6 is 11.8 Å². The molecule has 1 aromatic rings. The summed E-state index contributed by atoms with van der Waals surface area (Å²) in [6.45, 7) is 5.03. The highest BCUT2D eigenvalue weighted by Crippen LogP contribution is 2.35. The van der Waals surface area contributed by atoms with Crippen LogP contribution in [0.1, 0.15) is 32.8 Å². The first-order chi connectivity index (χ1) is 13.9. The first kappa shape index (κ1) is 22.7.